The average Bonchev–Trinajstić information content (AvgIpc) is 0.910. The van der Waals surface area contributed by atoms with E-state index in [-0.39, 0.29) is 25.7 Å². The van der Waals surface area contributed by atoms with Gasteiger partial charge in [0.05, 0.1) is 26.4 Å². The summed E-state index contributed by atoms with van der Waals surface area (Å²) in [5.74, 6) is 1.01. The number of carbonyl (C=O) groups is 4. The molecule has 0 saturated carbocycles. The molecule has 0 saturated heterocycles. The predicted octanol–water partition coefficient (Wildman–Crippen LogP) is 25.2. The van der Waals surface area contributed by atoms with Crippen LogP contribution in [-0.4, -0.2) is 96.7 Å². The summed E-state index contributed by atoms with van der Waals surface area (Å²) in [5.41, 5.74) is 0. The van der Waals surface area contributed by atoms with E-state index in [0.717, 1.165) is 114 Å². The number of esters is 4. The minimum atomic E-state index is -4.96. The lowest BCUT2D eigenvalue weighted by molar-refractivity contribution is -0.161. The van der Waals surface area contributed by atoms with Crippen LogP contribution in [0.25, 0.3) is 0 Å². The molecule has 103 heavy (non-hydrogen) atoms. The molecule has 0 spiro atoms. The molecular weight excluding hydrogens is 1340 g/mol. The molecule has 17 nitrogen and oxygen atoms in total. The van der Waals surface area contributed by atoms with E-state index >= 15 is 0 Å². The molecular formula is C84H164O17P2. The molecule has 4 unspecified atom stereocenters. The van der Waals surface area contributed by atoms with Gasteiger partial charge in [-0.2, -0.15) is 0 Å². The lowest BCUT2D eigenvalue weighted by Gasteiger charge is -2.21. The second kappa shape index (κ2) is 72.9. The molecule has 0 amide bonds. The SMILES string of the molecule is CCC(C)CCCCCCCCCCCCC(=O)OC[C@H](COP(=O)(O)OCC(O)COP(=O)(O)OC[C@@H](COC(=O)CCCCCCCCC(C)C)OC(=O)CCCCCCCCCCCCCCCCCCCCC(C)C)OC(=O)CCCCCCCCCCCCCCCCCCC(C)C. The van der Waals surface area contributed by atoms with Crippen molar-refractivity contribution in [2.45, 2.75) is 453 Å². The highest BCUT2D eigenvalue weighted by Gasteiger charge is 2.30. The predicted molar refractivity (Wildman–Crippen MR) is 423 cm³/mol. The van der Waals surface area contributed by atoms with Gasteiger partial charge in [-0.15, -0.1) is 0 Å². The molecule has 0 radical (unpaired) electrons. The van der Waals surface area contributed by atoms with E-state index in [1.807, 2.05) is 0 Å². The van der Waals surface area contributed by atoms with Crippen LogP contribution in [0.15, 0.2) is 0 Å². The molecule has 0 bridgehead atoms. The minimum absolute atomic E-state index is 0.107. The fourth-order valence-corrected chi connectivity index (χ4v) is 14.5. The second-order valence-electron chi connectivity index (χ2n) is 31.9. The van der Waals surface area contributed by atoms with E-state index in [0.29, 0.717) is 31.6 Å². The van der Waals surface area contributed by atoms with Gasteiger partial charge in [0, 0.05) is 25.7 Å². The molecule has 0 heterocycles. The van der Waals surface area contributed by atoms with Crippen molar-refractivity contribution in [3.63, 3.8) is 0 Å². The van der Waals surface area contributed by atoms with Crippen molar-refractivity contribution in [2.75, 3.05) is 39.6 Å². The highest BCUT2D eigenvalue weighted by Crippen LogP contribution is 2.45. The maximum Gasteiger partial charge on any atom is 0.472 e. The summed E-state index contributed by atoms with van der Waals surface area (Å²) in [6.45, 7) is 14.3. The molecule has 612 valence electrons. The quantitative estimate of drug-likeness (QED) is 0.0222. The Morgan fingerprint density at radius 3 is 0.689 bits per heavy atom. The van der Waals surface area contributed by atoms with Gasteiger partial charge in [0.2, 0.25) is 0 Å². The van der Waals surface area contributed by atoms with E-state index in [1.165, 1.54) is 231 Å². The number of ether oxygens (including phenoxy) is 4. The van der Waals surface area contributed by atoms with Gasteiger partial charge >= 0.3 is 39.5 Å². The van der Waals surface area contributed by atoms with Crippen LogP contribution in [0.2, 0.25) is 0 Å². The number of aliphatic hydroxyl groups is 1. The number of phosphoric acid groups is 2. The van der Waals surface area contributed by atoms with Gasteiger partial charge in [0.15, 0.2) is 12.2 Å². The Kier molecular flexibility index (Phi) is 71.5. The molecule has 0 aromatic rings. The Morgan fingerprint density at radius 2 is 0.466 bits per heavy atom. The molecule has 0 aromatic carbocycles. The fraction of sp³-hybridized carbons (Fsp3) is 0.952. The van der Waals surface area contributed by atoms with Crippen LogP contribution >= 0.6 is 15.6 Å². The summed E-state index contributed by atoms with van der Waals surface area (Å²) in [6.07, 6.45) is 61.2. The Morgan fingerprint density at radius 1 is 0.272 bits per heavy atom. The summed E-state index contributed by atoms with van der Waals surface area (Å²) < 4.78 is 68.8. The van der Waals surface area contributed by atoms with Crippen LogP contribution in [0.5, 0.6) is 0 Å². The highest BCUT2D eigenvalue weighted by molar-refractivity contribution is 7.47. The van der Waals surface area contributed by atoms with E-state index in [2.05, 4.69) is 55.4 Å². The lowest BCUT2D eigenvalue weighted by Crippen LogP contribution is -2.30. The molecule has 6 atom stereocenters. The molecule has 0 aromatic heterocycles. The van der Waals surface area contributed by atoms with Crippen molar-refractivity contribution in [1.29, 1.82) is 0 Å². The van der Waals surface area contributed by atoms with E-state index in [1.54, 1.807) is 0 Å². The first-order valence-corrected chi connectivity index (χ1v) is 46.2. The monoisotopic (exact) mass is 1510 g/mol. The van der Waals surface area contributed by atoms with Crippen LogP contribution in [0.3, 0.4) is 0 Å². The zero-order valence-corrected chi connectivity index (χ0v) is 69.7. The number of rotatable bonds is 81. The van der Waals surface area contributed by atoms with Crippen molar-refractivity contribution in [3.8, 4) is 0 Å². The highest BCUT2D eigenvalue weighted by atomic mass is 31.2. The first-order valence-electron chi connectivity index (χ1n) is 43.2. The first kappa shape index (κ1) is 101. The summed E-state index contributed by atoms with van der Waals surface area (Å²) in [6, 6.07) is 0. The minimum Gasteiger partial charge on any atom is -0.462 e. The maximum absolute atomic E-state index is 13.1. The third-order valence-electron chi connectivity index (χ3n) is 19.9. The Hall–Kier alpha value is -1.94. The molecule has 19 heteroatoms. The van der Waals surface area contributed by atoms with Gasteiger partial charge in [-0.1, -0.05) is 383 Å². The maximum atomic E-state index is 13.1. The van der Waals surface area contributed by atoms with Crippen molar-refractivity contribution >= 4 is 39.5 Å². The van der Waals surface area contributed by atoms with Crippen LogP contribution in [-0.2, 0) is 65.4 Å². The molecule has 0 fully saturated rings. The number of carbonyl (C=O) groups excluding carboxylic acids is 4. The third-order valence-corrected chi connectivity index (χ3v) is 21.8. The van der Waals surface area contributed by atoms with Crippen LogP contribution in [0, 0.1) is 23.7 Å². The second-order valence-corrected chi connectivity index (χ2v) is 34.8. The van der Waals surface area contributed by atoms with Gasteiger partial charge in [-0.05, 0) is 49.4 Å². The van der Waals surface area contributed by atoms with Gasteiger partial charge < -0.3 is 33.8 Å². The number of hydrogen-bond donors (Lipinski definition) is 3. The number of hydrogen-bond acceptors (Lipinski definition) is 15. The number of phosphoric ester groups is 2. The Balaban J connectivity index is 5.19. The molecule has 0 aliphatic heterocycles. The zero-order valence-electron chi connectivity index (χ0n) is 68.0. The third kappa shape index (κ3) is 76.6. The topological polar surface area (TPSA) is 237 Å². The molecule has 0 aliphatic rings. The summed E-state index contributed by atoms with van der Waals surface area (Å²) >= 11 is 0. The van der Waals surface area contributed by atoms with Crippen molar-refractivity contribution in [1.82, 2.24) is 0 Å². The molecule has 3 N–H and O–H groups in total. The normalized spacial score (nSPS) is 14.2. The largest absolute Gasteiger partial charge is 0.472 e. The summed E-state index contributed by atoms with van der Waals surface area (Å²) in [4.78, 5) is 73.1. The molecule has 0 rings (SSSR count). The van der Waals surface area contributed by atoms with E-state index in [4.69, 9.17) is 37.0 Å². The van der Waals surface area contributed by atoms with Crippen LogP contribution < -0.4 is 0 Å². The average molecular weight is 1510 g/mol. The summed E-state index contributed by atoms with van der Waals surface area (Å²) in [5, 5.41) is 10.7. The molecule has 0 aliphatic carbocycles. The van der Waals surface area contributed by atoms with Crippen molar-refractivity contribution in [2.24, 2.45) is 23.7 Å². The Labute approximate surface area is 632 Å². The zero-order chi connectivity index (χ0) is 76.0. The van der Waals surface area contributed by atoms with E-state index in [9.17, 15) is 43.2 Å². The van der Waals surface area contributed by atoms with E-state index < -0.39 is 97.5 Å². The van der Waals surface area contributed by atoms with Crippen LogP contribution in [0.4, 0.5) is 0 Å². The number of aliphatic hydroxyl groups excluding tert-OH is 1. The lowest BCUT2D eigenvalue weighted by atomic mass is 9.99. The van der Waals surface area contributed by atoms with Gasteiger partial charge in [0.25, 0.3) is 0 Å². The van der Waals surface area contributed by atoms with Gasteiger partial charge in [-0.25, -0.2) is 9.13 Å². The fourth-order valence-electron chi connectivity index (χ4n) is 12.9. The van der Waals surface area contributed by atoms with Crippen LogP contribution in [0.1, 0.15) is 434 Å². The Bertz CT molecular complexity index is 2010. The first-order chi connectivity index (χ1) is 49.6. The van der Waals surface area contributed by atoms with Crippen molar-refractivity contribution in [3.05, 3.63) is 0 Å². The standard InChI is InChI=1S/C84H164O17P2/c1-9-77(8)63-55-47-38-32-28-29-33-39-48-56-64-81(86)94-70-79(100-83(88)66-58-51-41-35-27-23-19-15-14-17-21-25-31-37-45-53-61-75(4)5)72-98-102(90,91)96-68-78(85)69-97-103(92,93)99-73-80(71-95-82(87)65-57-49-43-42-46-54-62-76(6)7)101-84(89)67-59-50-40-34-26-22-18-13-11-10-12-16-20-24-30-36-44-52-60-74(2)3/h74-80,85H,9-73H2,1-8H3,(H,90,91)(H,92,93)/t77?,78?,79-,80-/m1/s1. The smallest absolute Gasteiger partial charge is 0.462 e. The van der Waals surface area contributed by atoms with Gasteiger partial charge in [0.1, 0.15) is 19.3 Å². The van der Waals surface area contributed by atoms with Crippen molar-refractivity contribution < 1.29 is 80.2 Å². The summed E-state index contributed by atoms with van der Waals surface area (Å²) in [7, 11) is -9.93. The number of unbranched alkanes of at least 4 members (excludes halogenated alkanes) is 46. The van der Waals surface area contributed by atoms with Gasteiger partial charge in [-0.3, -0.25) is 37.3 Å².